The van der Waals surface area contributed by atoms with Gasteiger partial charge in [-0.25, -0.2) is 0 Å². The van der Waals surface area contributed by atoms with Gasteiger partial charge in [-0.1, -0.05) is 29.8 Å². The van der Waals surface area contributed by atoms with Crippen LogP contribution in [0.5, 0.6) is 0 Å². The summed E-state index contributed by atoms with van der Waals surface area (Å²) < 4.78 is 0. The van der Waals surface area contributed by atoms with Crippen LogP contribution in [0.2, 0.25) is 0 Å². The van der Waals surface area contributed by atoms with E-state index in [9.17, 15) is 4.79 Å². The quantitative estimate of drug-likeness (QED) is 0.816. The number of aliphatic carboxylic acids is 1. The summed E-state index contributed by atoms with van der Waals surface area (Å²) in [5.74, 6) is 0.793. The lowest BCUT2D eigenvalue weighted by Gasteiger charge is -2.01. The summed E-state index contributed by atoms with van der Waals surface area (Å²) in [6.07, 6.45) is 4.79. The molecule has 92 valence electrons. The van der Waals surface area contributed by atoms with Gasteiger partial charge >= 0.3 is 5.97 Å². The Kier molecular flexibility index (Phi) is 3.82. The van der Waals surface area contributed by atoms with Crippen LogP contribution in [-0.2, 0) is 11.2 Å². The Morgan fingerprint density at radius 3 is 2.53 bits per heavy atom. The second-order valence-electron chi connectivity index (χ2n) is 5.21. The zero-order valence-corrected chi connectivity index (χ0v) is 10.4. The number of aryl methyl sites for hydroxylation is 2. The highest BCUT2D eigenvalue weighted by Gasteiger charge is 2.35. The number of hydrogen-bond donors (Lipinski definition) is 1. The van der Waals surface area contributed by atoms with E-state index in [1.807, 2.05) is 0 Å². The highest BCUT2D eigenvalue weighted by molar-refractivity contribution is 5.66. The van der Waals surface area contributed by atoms with Crippen LogP contribution < -0.4 is 0 Å². The average molecular weight is 232 g/mol. The fraction of sp³-hybridized carbons (Fsp3) is 0.533. The molecule has 0 spiro atoms. The standard InChI is InChI=1S/C15H20O2/c1-11-2-4-12(5-3-11)6-7-13-10-14(13)8-9-15(16)17/h2-5,13-14H,6-10H2,1H3,(H,16,17). The van der Waals surface area contributed by atoms with E-state index in [1.54, 1.807) is 0 Å². The molecule has 0 aliphatic heterocycles. The molecule has 1 saturated carbocycles. The molecule has 0 saturated heterocycles. The number of benzene rings is 1. The van der Waals surface area contributed by atoms with Crippen molar-refractivity contribution in [1.29, 1.82) is 0 Å². The molecule has 2 rings (SSSR count). The summed E-state index contributed by atoms with van der Waals surface area (Å²) in [6, 6.07) is 8.71. The third-order valence-corrected chi connectivity index (χ3v) is 3.72. The molecular weight excluding hydrogens is 212 g/mol. The van der Waals surface area contributed by atoms with Crippen molar-refractivity contribution in [2.75, 3.05) is 0 Å². The SMILES string of the molecule is Cc1ccc(CCC2CC2CCC(=O)O)cc1. The summed E-state index contributed by atoms with van der Waals surface area (Å²) >= 11 is 0. The minimum atomic E-state index is -0.658. The van der Waals surface area contributed by atoms with E-state index in [0.717, 1.165) is 18.8 Å². The first kappa shape index (κ1) is 12.2. The molecule has 1 aliphatic rings. The van der Waals surface area contributed by atoms with Gasteiger partial charge in [-0.15, -0.1) is 0 Å². The highest BCUT2D eigenvalue weighted by atomic mass is 16.4. The Labute approximate surface area is 103 Å². The van der Waals surface area contributed by atoms with Gasteiger partial charge < -0.3 is 5.11 Å². The molecule has 2 unspecified atom stereocenters. The lowest BCUT2D eigenvalue weighted by molar-refractivity contribution is -0.137. The van der Waals surface area contributed by atoms with Crippen LogP contribution in [0.4, 0.5) is 0 Å². The first-order valence-corrected chi connectivity index (χ1v) is 6.42. The van der Waals surface area contributed by atoms with Crippen molar-refractivity contribution >= 4 is 5.97 Å². The number of carboxylic acid groups (broad SMARTS) is 1. The maximum absolute atomic E-state index is 10.4. The molecule has 0 amide bonds. The molecule has 2 atom stereocenters. The normalized spacial score (nSPS) is 22.4. The third-order valence-electron chi connectivity index (χ3n) is 3.72. The molecule has 1 aliphatic carbocycles. The molecule has 1 aromatic rings. The van der Waals surface area contributed by atoms with Crippen molar-refractivity contribution in [2.24, 2.45) is 11.8 Å². The van der Waals surface area contributed by atoms with Gasteiger partial charge in [0.15, 0.2) is 0 Å². The molecule has 2 nitrogen and oxygen atoms in total. The summed E-state index contributed by atoms with van der Waals surface area (Å²) in [5.41, 5.74) is 2.71. The Morgan fingerprint density at radius 2 is 1.88 bits per heavy atom. The summed E-state index contributed by atoms with van der Waals surface area (Å²) in [5, 5.41) is 8.61. The van der Waals surface area contributed by atoms with E-state index in [1.165, 1.54) is 24.0 Å². The maximum Gasteiger partial charge on any atom is 0.303 e. The van der Waals surface area contributed by atoms with Crippen molar-refractivity contribution in [3.63, 3.8) is 0 Å². The van der Waals surface area contributed by atoms with Crippen LogP contribution in [0.1, 0.15) is 36.8 Å². The van der Waals surface area contributed by atoms with Crippen LogP contribution in [0.15, 0.2) is 24.3 Å². The lowest BCUT2D eigenvalue weighted by Crippen LogP contribution is -1.96. The van der Waals surface area contributed by atoms with Gasteiger partial charge in [0.25, 0.3) is 0 Å². The number of carbonyl (C=O) groups is 1. The zero-order chi connectivity index (χ0) is 12.3. The molecule has 1 aromatic carbocycles. The highest BCUT2D eigenvalue weighted by Crippen LogP contribution is 2.45. The van der Waals surface area contributed by atoms with Gasteiger partial charge in [0.05, 0.1) is 0 Å². The summed E-state index contributed by atoms with van der Waals surface area (Å²) in [4.78, 5) is 10.4. The second-order valence-corrected chi connectivity index (χ2v) is 5.21. The second kappa shape index (κ2) is 5.35. The van der Waals surface area contributed by atoms with Crippen molar-refractivity contribution in [3.05, 3.63) is 35.4 Å². The molecule has 0 bridgehead atoms. The molecule has 2 heteroatoms. The number of hydrogen-bond acceptors (Lipinski definition) is 1. The number of rotatable bonds is 6. The summed E-state index contributed by atoms with van der Waals surface area (Å²) in [7, 11) is 0. The molecule has 1 N–H and O–H groups in total. The Balaban J connectivity index is 1.67. The van der Waals surface area contributed by atoms with Gasteiger partial charge in [-0.05, 0) is 50.0 Å². The topological polar surface area (TPSA) is 37.3 Å². The minimum Gasteiger partial charge on any atom is -0.481 e. The Bertz CT molecular complexity index is 380. The van der Waals surface area contributed by atoms with Crippen molar-refractivity contribution in [3.8, 4) is 0 Å². The number of carboxylic acids is 1. The maximum atomic E-state index is 10.4. The largest absolute Gasteiger partial charge is 0.481 e. The van der Waals surface area contributed by atoms with Crippen LogP contribution >= 0.6 is 0 Å². The van der Waals surface area contributed by atoms with Crippen molar-refractivity contribution < 1.29 is 9.90 Å². The first-order valence-electron chi connectivity index (χ1n) is 6.42. The Hall–Kier alpha value is -1.31. The predicted octanol–water partition coefficient (Wildman–Crippen LogP) is 3.43. The monoisotopic (exact) mass is 232 g/mol. The van der Waals surface area contributed by atoms with E-state index < -0.39 is 5.97 Å². The first-order chi connectivity index (χ1) is 8.15. The molecule has 0 heterocycles. The summed E-state index contributed by atoms with van der Waals surface area (Å²) in [6.45, 7) is 2.10. The smallest absolute Gasteiger partial charge is 0.303 e. The van der Waals surface area contributed by atoms with E-state index in [4.69, 9.17) is 5.11 Å². The van der Waals surface area contributed by atoms with Gasteiger partial charge in [-0.3, -0.25) is 4.79 Å². The molecule has 17 heavy (non-hydrogen) atoms. The van der Waals surface area contributed by atoms with Crippen molar-refractivity contribution in [1.82, 2.24) is 0 Å². The van der Waals surface area contributed by atoms with E-state index >= 15 is 0 Å². The van der Waals surface area contributed by atoms with Crippen LogP contribution in [-0.4, -0.2) is 11.1 Å². The minimum absolute atomic E-state index is 0.339. The van der Waals surface area contributed by atoms with Crippen molar-refractivity contribution in [2.45, 2.75) is 39.0 Å². The van der Waals surface area contributed by atoms with Gasteiger partial charge in [0.2, 0.25) is 0 Å². The van der Waals surface area contributed by atoms with Crippen LogP contribution in [0, 0.1) is 18.8 Å². The van der Waals surface area contributed by atoms with Gasteiger partial charge in [0, 0.05) is 6.42 Å². The molecule has 1 fully saturated rings. The Morgan fingerprint density at radius 1 is 1.24 bits per heavy atom. The van der Waals surface area contributed by atoms with E-state index in [-0.39, 0.29) is 0 Å². The van der Waals surface area contributed by atoms with E-state index in [0.29, 0.717) is 12.3 Å². The predicted molar refractivity (Wildman–Crippen MR) is 68.0 cm³/mol. The molecule has 0 radical (unpaired) electrons. The van der Waals surface area contributed by atoms with E-state index in [2.05, 4.69) is 31.2 Å². The molecular formula is C15H20O2. The van der Waals surface area contributed by atoms with Crippen LogP contribution in [0.25, 0.3) is 0 Å². The van der Waals surface area contributed by atoms with Crippen LogP contribution in [0.3, 0.4) is 0 Å². The fourth-order valence-corrected chi connectivity index (χ4v) is 2.43. The van der Waals surface area contributed by atoms with Gasteiger partial charge in [0.1, 0.15) is 0 Å². The fourth-order valence-electron chi connectivity index (χ4n) is 2.43. The zero-order valence-electron chi connectivity index (χ0n) is 10.4. The third kappa shape index (κ3) is 3.88. The molecule has 0 aromatic heterocycles. The lowest BCUT2D eigenvalue weighted by atomic mass is 10.0. The average Bonchev–Trinajstić information content (AvgIpc) is 3.04. The van der Waals surface area contributed by atoms with Gasteiger partial charge in [-0.2, -0.15) is 0 Å².